The average molecular weight is 360 g/mol. The van der Waals surface area contributed by atoms with Crippen LogP contribution < -0.4 is 0 Å². The summed E-state index contributed by atoms with van der Waals surface area (Å²) < 4.78 is 58.4. The number of hydrogen-bond acceptors (Lipinski definition) is 6. The first-order valence-electron chi connectivity index (χ1n) is 7.65. The van der Waals surface area contributed by atoms with E-state index in [1.54, 1.807) is 13.0 Å². The van der Waals surface area contributed by atoms with Crippen molar-refractivity contribution >= 4 is 20.9 Å². The Balaban J connectivity index is 1.73. The highest BCUT2D eigenvalue weighted by atomic mass is 32.2. The van der Waals surface area contributed by atoms with Crippen LogP contribution in [0.4, 0.5) is 8.78 Å². The molecule has 1 aliphatic rings. The second kappa shape index (κ2) is 6.73. The van der Waals surface area contributed by atoms with Gasteiger partial charge in [-0.25, -0.2) is 13.4 Å². The number of fused-ring (bicyclic) bond motifs is 1. The normalized spacial score (nSPS) is 19.6. The predicted octanol–water partition coefficient (Wildman–Crippen LogP) is 2.43. The van der Waals surface area contributed by atoms with Gasteiger partial charge in [-0.15, -0.1) is 0 Å². The van der Waals surface area contributed by atoms with E-state index in [0.717, 1.165) is 0 Å². The lowest BCUT2D eigenvalue weighted by molar-refractivity contribution is -0.158. The van der Waals surface area contributed by atoms with Crippen LogP contribution >= 0.6 is 0 Å². The van der Waals surface area contributed by atoms with Crippen LogP contribution in [0, 0.1) is 0 Å². The molecule has 1 saturated heterocycles. The maximum Gasteiger partial charge on any atom is 0.345 e. The number of alkyl halides is 2. The van der Waals surface area contributed by atoms with Crippen molar-refractivity contribution in [1.82, 2.24) is 9.88 Å². The third-order valence-electron chi connectivity index (χ3n) is 4.03. The zero-order valence-corrected chi connectivity index (χ0v) is 13.9. The quantitative estimate of drug-likeness (QED) is 0.788. The van der Waals surface area contributed by atoms with E-state index in [2.05, 4.69) is 9.72 Å². The highest BCUT2D eigenvalue weighted by molar-refractivity contribution is 7.91. The first-order valence-corrected chi connectivity index (χ1v) is 9.31. The molecule has 0 spiro atoms. The second-order valence-electron chi connectivity index (χ2n) is 5.68. The maximum absolute atomic E-state index is 12.2. The Hall–Kier alpha value is -1.58. The molecule has 2 heterocycles. The van der Waals surface area contributed by atoms with Gasteiger partial charge in [-0.1, -0.05) is 6.92 Å². The van der Waals surface area contributed by atoms with Crippen molar-refractivity contribution in [3.63, 3.8) is 0 Å². The van der Waals surface area contributed by atoms with Crippen LogP contribution in [0.1, 0.15) is 19.2 Å². The molecule has 0 unspecified atom stereocenters. The summed E-state index contributed by atoms with van der Waals surface area (Å²) in [7, 11) is -3.30. The summed E-state index contributed by atoms with van der Waals surface area (Å²) in [6, 6.07) is 4.58. The minimum Gasteiger partial charge on any atom is -0.439 e. The first-order chi connectivity index (χ1) is 11.4. The summed E-state index contributed by atoms with van der Waals surface area (Å²) in [6.07, 6.45) is 0.0411. The van der Waals surface area contributed by atoms with Crippen LogP contribution in [0.2, 0.25) is 0 Å². The number of aromatic nitrogens is 1. The zero-order chi connectivity index (χ0) is 17.3. The number of sulfone groups is 1. The van der Waals surface area contributed by atoms with Crippen molar-refractivity contribution < 1.29 is 26.4 Å². The Labute approximate surface area is 138 Å². The van der Waals surface area contributed by atoms with E-state index in [1.807, 2.05) is 4.90 Å². The van der Waals surface area contributed by atoms with E-state index in [1.165, 1.54) is 12.1 Å². The number of hydrogen-bond donors (Lipinski definition) is 0. The van der Waals surface area contributed by atoms with Crippen LogP contribution in [0.25, 0.3) is 11.1 Å². The molecular weight excluding hydrogens is 342 g/mol. The maximum atomic E-state index is 12.2. The first kappa shape index (κ1) is 17.2. The molecule has 0 bridgehead atoms. The van der Waals surface area contributed by atoms with E-state index in [0.29, 0.717) is 43.0 Å². The van der Waals surface area contributed by atoms with Gasteiger partial charge < -0.3 is 9.15 Å². The Bertz CT molecular complexity index is 822. The number of halogens is 2. The minimum absolute atomic E-state index is 0.0164. The molecule has 3 rings (SSSR count). The molecule has 0 N–H and O–H groups in total. The monoisotopic (exact) mass is 360 g/mol. The molecule has 1 aromatic heterocycles. The lowest BCUT2D eigenvalue weighted by atomic mass is 10.3. The average Bonchev–Trinajstić information content (AvgIpc) is 3.12. The molecule has 0 aliphatic carbocycles. The smallest absolute Gasteiger partial charge is 0.345 e. The molecule has 0 radical (unpaired) electrons. The molecule has 1 aromatic carbocycles. The highest BCUT2D eigenvalue weighted by Crippen LogP contribution is 2.23. The molecule has 9 heteroatoms. The van der Waals surface area contributed by atoms with E-state index >= 15 is 0 Å². The van der Waals surface area contributed by atoms with Crippen molar-refractivity contribution in [2.45, 2.75) is 37.5 Å². The molecule has 24 heavy (non-hydrogen) atoms. The fraction of sp³-hybridized carbons (Fsp3) is 0.533. The molecular formula is C15H18F2N2O4S. The van der Waals surface area contributed by atoms with Crippen molar-refractivity contribution in [3.05, 3.63) is 24.1 Å². The number of rotatable bonds is 6. The Kier molecular flexibility index (Phi) is 4.84. The third-order valence-corrected chi connectivity index (χ3v) is 5.76. The number of benzene rings is 1. The van der Waals surface area contributed by atoms with Crippen LogP contribution in [-0.4, -0.2) is 49.9 Å². The van der Waals surface area contributed by atoms with Gasteiger partial charge in [-0.2, -0.15) is 8.78 Å². The number of oxazole rings is 1. The molecule has 132 valence electrons. The summed E-state index contributed by atoms with van der Waals surface area (Å²) in [4.78, 5) is 6.44. The van der Waals surface area contributed by atoms with Crippen LogP contribution in [0.5, 0.6) is 0 Å². The third kappa shape index (κ3) is 3.73. The van der Waals surface area contributed by atoms with Gasteiger partial charge in [0.25, 0.3) is 0 Å². The molecule has 1 aliphatic heterocycles. The topological polar surface area (TPSA) is 72.6 Å². The summed E-state index contributed by atoms with van der Waals surface area (Å²) >= 11 is 0. The summed E-state index contributed by atoms with van der Waals surface area (Å²) in [5.74, 6) is 0.441. The van der Waals surface area contributed by atoms with Crippen molar-refractivity contribution in [2.75, 3.05) is 18.8 Å². The standard InChI is InChI=1S/C15H18F2N2O4S/c1-2-24(20,21)11-3-4-13-12(7-11)18-14(23-13)9-19-6-5-10(8-19)22-15(16)17/h3-4,7,10,15H,2,5-6,8-9H2,1H3/t10-/m0/s1. The van der Waals surface area contributed by atoms with Gasteiger partial charge in [0.2, 0.25) is 5.89 Å². The van der Waals surface area contributed by atoms with Gasteiger partial charge in [0, 0.05) is 13.1 Å². The Morgan fingerprint density at radius 2 is 2.25 bits per heavy atom. The van der Waals surface area contributed by atoms with E-state index in [4.69, 9.17) is 4.42 Å². The minimum atomic E-state index is -3.30. The molecule has 1 fully saturated rings. The zero-order valence-electron chi connectivity index (χ0n) is 13.1. The van der Waals surface area contributed by atoms with Crippen molar-refractivity contribution in [1.29, 1.82) is 0 Å². The molecule has 2 aromatic rings. The highest BCUT2D eigenvalue weighted by Gasteiger charge is 2.26. The van der Waals surface area contributed by atoms with Crippen LogP contribution in [0.15, 0.2) is 27.5 Å². The number of nitrogens with zero attached hydrogens (tertiary/aromatic N) is 2. The lowest BCUT2D eigenvalue weighted by Crippen LogP contribution is -2.24. The van der Waals surface area contributed by atoms with Gasteiger partial charge >= 0.3 is 6.61 Å². The van der Waals surface area contributed by atoms with Gasteiger partial charge in [-0.05, 0) is 24.6 Å². The molecule has 0 amide bonds. The van der Waals surface area contributed by atoms with Crippen LogP contribution in [0.3, 0.4) is 0 Å². The number of likely N-dealkylation sites (tertiary alicyclic amines) is 1. The molecule has 0 saturated carbocycles. The second-order valence-corrected chi connectivity index (χ2v) is 7.96. The van der Waals surface area contributed by atoms with Crippen molar-refractivity contribution in [3.8, 4) is 0 Å². The van der Waals surface area contributed by atoms with E-state index in [-0.39, 0.29) is 10.6 Å². The van der Waals surface area contributed by atoms with E-state index < -0.39 is 22.6 Å². The SMILES string of the molecule is CCS(=O)(=O)c1ccc2oc(CN3CC[C@H](OC(F)F)C3)nc2c1. The fourth-order valence-electron chi connectivity index (χ4n) is 2.77. The summed E-state index contributed by atoms with van der Waals surface area (Å²) in [5.41, 5.74) is 0.971. The predicted molar refractivity (Wildman–Crippen MR) is 82.5 cm³/mol. The molecule has 6 nitrogen and oxygen atoms in total. The Morgan fingerprint density at radius 3 is 2.96 bits per heavy atom. The number of ether oxygens (including phenoxy) is 1. The lowest BCUT2D eigenvalue weighted by Gasteiger charge is -2.13. The summed E-state index contributed by atoms with van der Waals surface area (Å²) in [6.45, 7) is 0.190. The Morgan fingerprint density at radius 1 is 1.46 bits per heavy atom. The van der Waals surface area contributed by atoms with Crippen molar-refractivity contribution in [2.24, 2.45) is 0 Å². The van der Waals surface area contributed by atoms with E-state index in [9.17, 15) is 17.2 Å². The van der Waals surface area contributed by atoms with Gasteiger partial charge in [0.1, 0.15) is 5.52 Å². The largest absolute Gasteiger partial charge is 0.439 e. The molecule has 1 atom stereocenters. The van der Waals surface area contributed by atoms with Gasteiger partial charge in [0.15, 0.2) is 15.4 Å². The van der Waals surface area contributed by atoms with Gasteiger partial charge in [0.05, 0.1) is 23.3 Å². The van der Waals surface area contributed by atoms with Crippen LogP contribution in [-0.2, 0) is 21.1 Å². The summed E-state index contributed by atoms with van der Waals surface area (Å²) in [5, 5.41) is 0. The fourth-order valence-corrected chi connectivity index (χ4v) is 3.67. The van der Waals surface area contributed by atoms with Gasteiger partial charge in [-0.3, -0.25) is 4.90 Å².